The third-order valence-corrected chi connectivity index (χ3v) is 2.62. The van der Waals surface area contributed by atoms with E-state index in [1.54, 1.807) is 23.1 Å². The van der Waals surface area contributed by atoms with Crippen molar-refractivity contribution >= 4 is 11.7 Å². The van der Waals surface area contributed by atoms with E-state index < -0.39 is 0 Å². The van der Waals surface area contributed by atoms with Crippen LogP contribution in [-0.4, -0.2) is 41.6 Å². The molecule has 86 valence electrons. The van der Waals surface area contributed by atoms with Crippen LogP contribution in [0.25, 0.3) is 0 Å². The fourth-order valence-corrected chi connectivity index (χ4v) is 1.75. The molecule has 2 heterocycles. The number of aromatic nitrogens is 1. The van der Waals surface area contributed by atoms with E-state index in [1.807, 2.05) is 6.92 Å². The number of hydrogen-bond acceptors (Lipinski definition) is 4. The summed E-state index contributed by atoms with van der Waals surface area (Å²) in [5.74, 6) is 0.287. The number of nitrogen functional groups attached to an aromatic ring is 1. The molecule has 5 heteroatoms. The molecule has 1 saturated heterocycles. The van der Waals surface area contributed by atoms with Gasteiger partial charge in [-0.3, -0.25) is 4.79 Å². The molecule has 2 N–H and O–H groups in total. The molecule has 1 aromatic heterocycles. The van der Waals surface area contributed by atoms with Gasteiger partial charge < -0.3 is 15.4 Å². The Bertz CT molecular complexity index is 395. The van der Waals surface area contributed by atoms with Crippen LogP contribution >= 0.6 is 0 Å². The molecule has 1 aliphatic heterocycles. The van der Waals surface area contributed by atoms with Gasteiger partial charge in [-0.2, -0.15) is 0 Å². The fraction of sp³-hybridized carbons (Fsp3) is 0.455. The molecule has 1 atom stereocenters. The van der Waals surface area contributed by atoms with Crippen LogP contribution in [0.4, 0.5) is 5.82 Å². The summed E-state index contributed by atoms with van der Waals surface area (Å²) in [6.07, 6.45) is 0. The lowest BCUT2D eigenvalue weighted by Crippen LogP contribution is -2.47. The van der Waals surface area contributed by atoms with E-state index in [0.717, 1.165) is 0 Å². The molecule has 0 aromatic carbocycles. The average Bonchev–Trinajstić information content (AvgIpc) is 2.29. The minimum atomic E-state index is -0.0805. The Morgan fingerprint density at radius 1 is 1.62 bits per heavy atom. The Labute approximate surface area is 94.2 Å². The Hall–Kier alpha value is -1.62. The van der Waals surface area contributed by atoms with Crippen LogP contribution in [0.3, 0.4) is 0 Å². The van der Waals surface area contributed by atoms with Crippen LogP contribution < -0.4 is 5.73 Å². The minimum Gasteiger partial charge on any atom is -0.384 e. The molecule has 1 unspecified atom stereocenters. The molecule has 0 aliphatic carbocycles. The Kier molecular flexibility index (Phi) is 3.05. The summed E-state index contributed by atoms with van der Waals surface area (Å²) in [4.78, 5) is 17.9. The number of anilines is 1. The Balaban J connectivity index is 2.17. The van der Waals surface area contributed by atoms with Crippen molar-refractivity contribution in [1.82, 2.24) is 9.88 Å². The predicted octanol–water partition coefficient (Wildman–Crippen LogP) is 0.525. The summed E-state index contributed by atoms with van der Waals surface area (Å²) in [6, 6.07) is 5.17. The lowest BCUT2D eigenvalue weighted by atomic mass is 10.2. The second kappa shape index (κ2) is 4.49. The van der Waals surface area contributed by atoms with Gasteiger partial charge in [0.1, 0.15) is 11.5 Å². The average molecular weight is 221 g/mol. The van der Waals surface area contributed by atoms with Crippen molar-refractivity contribution < 1.29 is 9.53 Å². The molecule has 16 heavy (non-hydrogen) atoms. The van der Waals surface area contributed by atoms with E-state index in [0.29, 0.717) is 31.3 Å². The smallest absolute Gasteiger partial charge is 0.272 e. The maximum absolute atomic E-state index is 12.1. The number of pyridine rings is 1. The molecule has 0 radical (unpaired) electrons. The van der Waals surface area contributed by atoms with Crippen molar-refractivity contribution in [3.05, 3.63) is 23.9 Å². The SMILES string of the molecule is CC1COCCN1C(=O)c1cccc(N)n1. The summed E-state index contributed by atoms with van der Waals surface area (Å²) in [6.45, 7) is 3.73. The van der Waals surface area contributed by atoms with Crippen molar-refractivity contribution in [1.29, 1.82) is 0 Å². The van der Waals surface area contributed by atoms with E-state index >= 15 is 0 Å². The van der Waals surface area contributed by atoms with Gasteiger partial charge in [-0.1, -0.05) is 6.07 Å². The van der Waals surface area contributed by atoms with Gasteiger partial charge in [0.15, 0.2) is 0 Å². The van der Waals surface area contributed by atoms with Crippen molar-refractivity contribution in [3.63, 3.8) is 0 Å². The molecular weight excluding hydrogens is 206 g/mol. The largest absolute Gasteiger partial charge is 0.384 e. The molecule has 0 spiro atoms. The summed E-state index contributed by atoms with van der Waals surface area (Å²) >= 11 is 0. The Morgan fingerprint density at radius 3 is 3.12 bits per heavy atom. The lowest BCUT2D eigenvalue weighted by Gasteiger charge is -2.33. The zero-order valence-electron chi connectivity index (χ0n) is 9.22. The van der Waals surface area contributed by atoms with E-state index in [4.69, 9.17) is 10.5 Å². The summed E-state index contributed by atoms with van der Waals surface area (Å²) in [5, 5.41) is 0. The van der Waals surface area contributed by atoms with Gasteiger partial charge in [0.25, 0.3) is 5.91 Å². The molecule has 0 bridgehead atoms. The molecule has 1 aromatic rings. The molecule has 5 nitrogen and oxygen atoms in total. The third kappa shape index (κ3) is 2.14. The molecule has 1 fully saturated rings. The van der Waals surface area contributed by atoms with Crippen molar-refractivity contribution in [2.75, 3.05) is 25.5 Å². The van der Waals surface area contributed by atoms with Crippen molar-refractivity contribution in [2.24, 2.45) is 0 Å². The van der Waals surface area contributed by atoms with Gasteiger partial charge in [-0.15, -0.1) is 0 Å². The quantitative estimate of drug-likeness (QED) is 0.750. The number of nitrogens with zero attached hydrogens (tertiary/aromatic N) is 2. The number of nitrogens with two attached hydrogens (primary N) is 1. The van der Waals surface area contributed by atoms with Crippen molar-refractivity contribution in [3.8, 4) is 0 Å². The summed E-state index contributed by atoms with van der Waals surface area (Å²) < 4.78 is 5.28. The highest BCUT2D eigenvalue weighted by atomic mass is 16.5. The number of carbonyl (C=O) groups is 1. The maximum atomic E-state index is 12.1. The number of carbonyl (C=O) groups excluding carboxylic acids is 1. The molecular formula is C11H15N3O2. The number of ether oxygens (including phenoxy) is 1. The number of amides is 1. The van der Waals surface area contributed by atoms with Crippen LogP contribution in [0.5, 0.6) is 0 Å². The molecule has 0 saturated carbocycles. The molecule has 2 rings (SSSR count). The fourth-order valence-electron chi connectivity index (χ4n) is 1.75. The number of morpholine rings is 1. The predicted molar refractivity (Wildman–Crippen MR) is 60.0 cm³/mol. The number of rotatable bonds is 1. The van der Waals surface area contributed by atoms with Crippen LogP contribution in [0.1, 0.15) is 17.4 Å². The number of hydrogen-bond donors (Lipinski definition) is 1. The van der Waals surface area contributed by atoms with Crippen LogP contribution in [-0.2, 0) is 4.74 Å². The van der Waals surface area contributed by atoms with Gasteiger partial charge in [0.05, 0.1) is 19.3 Å². The normalized spacial score (nSPS) is 20.8. The summed E-state index contributed by atoms with van der Waals surface area (Å²) in [7, 11) is 0. The molecule has 1 amide bonds. The monoisotopic (exact) mass is 221 g/mol. The molecule has 1 aliphatic rings. The standard InChI is InChI=1S/C11H15N3O2/c1-8-7-16-6-5-14(8)11(15)9-3-2-4-10(12)13-9/h2-4,8H,5-7H2,1H3,(H2,12,13). The van der Waals surface area contributed by atoms with Gasteiger partial charge >= 0.3 is 0 Å². The first kappa shape index (κ1) is 10.9. The van der Waals surface area contributed by atoms with Gasteiger partial charge in [-0.05, 0) is 19.1 Å². The van der Waals surface area contributed by atoms with Crippen LogP contribution in [0, 0.1) is 0 Å². The van der Waals surface area contributed by atoms with Crippen LogP contribution in [0.15, 0.2) is 18.2 Å². The summed E-state index contributed by atoms with van der Waals surface area (Å²) in [5.41, 5.74) is 5.95. The maximum Gasteiger partial charge on any atom is 0.272 e. The van der Waals surface area contributed by atoms with E-state index in [-0.39, 0.29) is 11.9 Å². The van der Waals surface area contributed by atoms with Gasteiger partial charge in [0.2, 0.25) is 0 Å². The third-order valence-electron chi connectivity index (χ3n) is 2.62. The first-order valence-electron chi connectivity index (χ1n) is 5.30. The van der Waals surface area contributed by atoms with E-state index in [1.165, 1.54) is 0 Å². The first-order valence-corrected chi connectivity index (χ1v) is 5.30. The second-order valence-corrected chi connectivity index (χ2v) is 3.87. The minimum absolute atomic E-state index is 0.0805. The zero-order chi connectivity index (χ0) is 11.5. The second-order valence-electron chi connectivity index (χ2n) is 3.87. The van der Waals surface area contributed by atoms with E-state index in [9.17, 15) is 4.79 Å². The lowest BCUT2D eigenvalue weighted by molar-refractivity contribution is 0.00328. The van der Waals surface area contributed by atoms with Crippen molar-refractivity contribution in [2.45, 2.75) is 13.0 Å². The Morgan fingerprint density at radius 2 is 2.44 bits per heavy atom. The van der Waals surface area contributed by atoms with Gasteiger partial charge in [-0.25, -0.2) is 4.98 Å². The highest BCUT2D eigenvalue weighted by molar-refractivity contribution is 5.92. The first-order chi connectivity index (χ1) is 7.68. The van der Waals surface area contributed by atoms with Gasteiger partial charge in [0, 0.05) is 6.54 Å². The topological polar surface area (TPSA) is 68.5 Å². The highest BCUT2D eigenvalue weighted by Gasteiger charge is 2.25. The van der Waals surface area contributed by atoms with E-state index in [2.05, 4.69) is 4.98 Å². The highest BCUT2D eigenvalue weighted by Crippen LogP contribution is 2.11. The van der Waals surface area contributed by atoms with Crippen LogP contribution in [0.2, 0.25) is 0 Å². The zero-order valence-corrected chi connectivity index (χ0v) is 9.22.